The van der Waals surface area contributed by atoms with Crippen LogP contribution in [0.1, 0.15) is 0 Å². The normalized spacial score (nSPS) is 11.6. The summed E-state index contributed by atoms with van der Waals surface area (Å²) in [6.45, 7) is 0. The van der Waals surface area contributed by atoms with Crippen LogP contribution in [0.15, 0.2) is 100 Å². The second-order valence-electron chi connectivity index (χ2n) is 5.69. The summed E-state index contributed by atoms with van der Waals surface area (Å²) in [5.74, 6) is 0.816. The Hall–Kier alpha value is -3.33. The van der Waals surface area contributed by atoms with E-state index < -0.39 is 0 Å². The van der Waals surface area contributed by atoms with Gasteiger partial charge in [0.2, 0.25) is 0 Å². The Balaban J connectivity index is 2.09. The van der Waals surface area contributed by atoms with E-state index in [9.17, 15) is 0 Å². The van der Waals surface area contributed by atoms with Gasteiger partial charge >= 0.3 is 5.68 Å². The predicted molar refractivity (Wildman–Crippen MR) is 100 cm³/mol. The van der Waals surface area contributed by atoms with E-state index >= 15 is 0 Å². The summed E-state index contributed by atoms with van der Waals surface area (Å²) in [5.41, 5.74) is 4.71. The molecule has 0 unspecified atom stereocenters. The van der Waals surface area contributed by atoms with Crippen molar-refractivity contribution in [2.24, 2.45) is 4.99 Å². The second-order valence-corrected chi connectivity index (χ2v) is 5.69. The van der Waals surface area contributed by atoms with Crippen molar-refractivity contribution in [3.63, 3.8) is 0 Å². The molecule has 0 fully saturated rings. The van der Waals surface area contributed by atoms with Crippen LogP contribution < -0.4 is 5.68 Å². The first-order valence-electron chi connectivity index (χ1n) is 8.23. The molecule has 25 heavy (non-hydrogen) atoms. The summed E-state index contributed by atoms with van der Waals surface area (Å²) >= 11 is 0. The maximum atomic E-state index is 6.19. The standard InChI is InChI=1S/C22H18N2O/c1-23-22-24(19-15-9-4-10-16-19)20(17-11-5-2-6-12-17)21(25-22)18-13-7-3-8-14-18/h2-16H,1H3. The van der Waals surface area contributed by atoms with Crippen LogP contribution in [-0.2, 0) is 0 Å². The van der Waals surface area contributed by atoms with Gasteiger partial charge in [-0.15, -0.1) is 0 Å². The average Bonchev–Trinajstić information content (AvgIpc) is 3.10. The molecule has 0 saturated carbocycles. The Bertz CT molecular complexity index is 1030. The number of para-hydroxylation sites is 1. The molecule has 3 aromatic carbocycles. The summed E-state index contributed by atoms with van der Waals surface area (Å²) in [4.78, 5) is 4.38. The highest BCUT2D eigenvalue weighted by molar-refractivity contribution is 5.78. The number of hydrogen-bond acceptors (Lipinski definition) is 2. The number of benzene rings is 3. The van der Waals surface area contributed by atoms with E-state index in [0.29, 0.717) is 5.68 Å². The lowest BCUT2D eigenvalue weighted by molar-refractivity contribution is 0.496. The Morgan fingerprint density at radius 1 is 0.680 bits per heavy atom. The summed E-state index contributed by atoms with van der Waals surface area (Å²) < 4.78 is 8.25. The molecule has 3 nitrogen and oxygen atoms in total. The first-order chi connectivity index (χ1) is 12.4. The van der Waals surface area contributed by atoms with Crippen LogP contribution in [0.2, 0.25) is 0 Å². The molecular formula is C22H18N2O. The zero-order valence-electron chi connectivity index (χ0n) is 14.0. The molecule has 0 aliphatic rings. The Labute approximate surface area is 146 Å². The van der Waals surface area contributed by atoms with Gasteiger partial charge in [0, 0.05) is 18.2 Å². The van der Waals surface area contributed by atoms with Gasteiger partial charge in [-0.05, 0) is 12.1 Å². The number of hydrogen-bond donors (Lipinski definition) is 0. The van der Waals surface area contributed by atoms with E-state index in [0.717, 1.165) is 28.3 Å². The highest BCUT2D eigenvalue weighted by atomic mass is 16.4. The quantitative estimate of drug-likeness (QED) is 0.525. The van der Waals surface area contributed by atoms with Gasteiger partial charge < -0.3 is 4.42 Å². The van der Waals surface area contributed by atoms with Crippen LogP contribution in [0.3, 0.4) is 0 Å². The van der Waals surface area contributed by atoms with Crippen molar-refractivity contribution in [2.75, 3.05) is 7.05 Å². The van der Waals surface area contributed by atoms with E-state index in [1.54, 1.807) is 7.05 Å². The van der Waals surface area contributed by atoms with Crippen LogP contribution in [-0.4, -0.2) is 11.6 Å². The van der Waals surface area contributed by atoms with Crippen molar-refractivity contribution < 1.29 is 4.42 Å². The molecule has 0 spiro atoms. The predicted octanol–water partition coefficient (Wildman–Crippen LogP) is 4.93. The van der Waals surface area contributed by atoms with Crippen LogP contribution in [0.5, 0.6) is 0 Å². The summed E-state index contributed by atoms with van der Waals surface area (Å²) in [6, 6.07) is 30.6. The van der Waals surface area contributed by atoms with Crippen molar-refractivity contribution in [2.45, 2.75) is 0 Å². The van der Waals surface area contributed by atoms with Gasteiger partial charge in [0.25, 0.3) is 0 Å². The summed E-state index contributed by atoms with van der Waals surface area (Å²) in [7, 11) is 1.75. The van der Waals surface area contributed by atoms with E-state index in [-0.39, 0.29) is 0 Å². The molecule has 0 radical (unpaired) electrons. The van der Waals surface area contributed by atoms with Crippen LogP contribution in [0, 0.1) is 0 Å². The molecule has 0 saturated heterocycles. The molecular weight excluding hydrogens is 308 g/mol. The van der Waals surface area contributed by atoms with Gasteiger partial charge in [-0.2, -0.15) is 0 Å². The van der Waals surface area contributed by atoms with Gasteiger partial charge in [0.15, 0.2) is 5.76 Å². The third-order valence-electron chi connectivity index (χ3n) is 4.11. The lowest BCUT2D eigenvalue weighted by Crippen LogP contribution is -2.14. The minimum Gasteiger partial charge on any atom is -0.423 e. The van der Waals surface area contributed by atoms with E-state index in [1.807, 2.05) is 54.6 Å². The number of nitrogens with zero attached hydrogens (tertiary/aromatic N) is 2. The van der Waals surface area contributed by atoms with Gasteiger partial charge in [-0.3, -0.25) is 4.57 Å². The zero-order valence-corrected chi connectivity index (χ0v) is 14.0. The van der Waals surface area contributed by atoms with Crippen LogP contribution in [0.4, 0.5) is 0 Å². The van der Waals surface area contributed by atoms with E-state index in [1.165, 1.54) is 0 Å². The topological polar surface area (TPSA) is 30.4 Å². The lowest BCUT2D eigenvalue weighted by atomic mass is 10.1. The first-order valence-corrected chi connectivity index (χ1v) is 8.23. The molecule has 0 atom stereocenters. The average molecular weight is 326 g/mol. The molecule has 0 amide bonds. The molecule has 122 valence electrons. The van der Waals surface area contributed by atoms with E-state index in [4.69, 9.17) is 4.42 Å². The van der Waals surface area contributed by atoms with Crippen LogP contribution in [0.25, 0.3) is 28.3 Å². The van der Waals surface area contributed by atoms with Crippen LogP contribution >= 0.6 is 0 Å². The van der Waals surface area contributed by atoms with Gasteiger partial charge in [0.05, 0.1) is 5.69 Å². The van der Waals surface area contributed by atoms with Crippen molar-refractivity contribution in [3.8, 4) is 28.3 Å². The number of rotatable bonds is 3. The highest BCUT2D eigenvalue weighted by Gasteiger charge is 2.19. The van der Waals surface area contributed by atoms with Crippen molar-refractivity contribution in [1.29, 1.82) is 0 Å². The molecule has 4 aromatic rings. The minimum atomic E-state index is 0.573. The monoisotopic (exact) mass is 326 g/mol. The van der Waals surface area contributed by atoms with Gasteiger partial charge in [0.1, 0.15) is 5.69 Å². The smallest absolute Gasteiger partial charge is 0.302 e. The maximum absolute atomic E-state index is 6.19. The molecule has 4 rings (SSSR count). The van der Waals surface area contributed by atoms with E-state index in [2.05, 4.69) is 46.0 Å². The Kier molecular flexibility index (Phi) is 4.05. The zero-order chi connectivity index (χ0) is 17.1. The molecule has 1 aromatic heterocycles. The van der Waals surface area contributed by atoms with Crippen molar-refractivity contribution >= 4 is 0 Å². The molecule has 0 aliphatic heterocycles. The molecule has 1 heterocycles. The molecule has 0 bridgehead atoms. The lowest BCUT2D eigenvalue weighted by Gasteiger charge is -2.09. The van der Waals surface area contributed by atoms with Crippen molar-refractivity contribution in [3.05, 3.63) is 96.7 Å². The first kappa shape index (κ1) is 15.2. The Morgan fingerprint density at radius 2 is 1.20 bits per heavy atom. The maximum Gasteiger partial charge on any atom is 0.302 e. The number of aromatic nitrogens is 1. The summed E-state index contributed by atoms with van der Waals surface area (Å²) in [5, 5.41) is 0. The molecule has 3 heteroatoms. The molecule has 0 N–H and O–H groups in total. The molecule has 0 aliphatic carbocycles. The van der Waals surface area contributed by atoms with Crippen molar-refractivity contribution in [1.82, 2.24) is 4.57 Å². The summed E-state index contributed by atoms with van der Waals surface area (Å²) in [6.07, 6.45) is 0. The number of oxazole rings is 1. The second kappa shape index (κ2) is 6.65. The van der Waals surface area contributed by atoms with Gasteiger partial charge in [-0.25, -0.2) is 4.99 Å². The third kappa shape index (κ3) is 2.81. The highest BCUT2D eigenvalue weighted by Crippen LogP contribution is 2.33. The fraction of sp³-hybridized carbons (Fsp3) is 0.0455. The Morgan fingerprint density at radius 3 is 1.76 bits per heavy atom. The fourth-order valence-corrected chi connectivity index (χ4v) is 2.99. The fourth-order valence-electron chi connectivity index (χ4n) is 2.99. The SMILES string of the molecule is CN=c1oc(-c2ccccc2)c(-c2ccccc2)n1-c1ccccc1. The third-order valence-corrected chi connectivity index (χ3v) is 4.11. The van der Waals surface area contributed by atoms with Gasteiger partial charge in [-0.1, -0.05) is 78.9 Å². The largest absolute Gasteiger partial charge is 0.423 e. The minimum absolute atomic E-state index is 0.573.